The molecule has 0 saturated heterocycles. The van der Waals surface area contributed by atoms with Crippen molar-refractivity contribution in [2.24, 2.45) is 0 Å². The number of ether oxygens (including phenoxy) is 2. The molecule has 0 bridgehead atoms. The maximum Gasteiger partial charge on any atom is 0.339 e. The second kappa shape index (κ2) is 22.0. The molecule has 0 spiro atoms. The van der Waals surface area contributed by atoms with Crippen molar-refractivity contribution < 1.29 is 19.1 Å². The Bertz CT molecular complexity index is 2150. The van der Waals surface area contributed by atoms with E-state index in [1.165, 1.54) is 22.3 Å². The van der Waals surface area contributed by atoms with Crippen molar-refractivity contribution in [1.82, 2.24) is 0 Å². The van der Waals surface area contributed by atoms with Crippen LogP contribution in [0.4, 0.5) is 0 Å². The Balaban J connectivity index is 1.05. The van der Waals surface area contributed by atoms with Crippen LogP contribution >= 0.6 is 0 Å². The number of rotatable bonds is 20. The van der Waals surface area contributed by atoms with Crippen LogP contribution in [0.25, 0.3) is 0 Å². The number of carbonyl (C=O) groups excluding carboxylic acids is 2. The molecule has 7 rings (SSSR count). The highest BCUT2D eigenvalue weighted by Crippen LogP contribution is 2.36. The molecule has 0 aliphatic heterocycles. The molecule has 4 unspecified atom stereocenters. The number of carbonyl (C=O) groups is 2. The normalized spacial score (nSPS) is 13.1. The summed E-state index contributed by atoms with van der Waals surface area (Å²) < 4.78 is 12.3. The molecule has 0 aliphatic rings. The minimum absolute atomic E-state index is 0.0543. The monoisotopic (exact) mass is 790 g/mol. The predicted octanol–water partition coefficient (Wildman–Crippen LogP) is 13.2. The summed E-state index contributed by atoms with van der Waals surface area (Å²) in [5.41, 5.74) is 7.80. The van der Waals surface area contributed by atoms with Gasteiger partial charge in [-0.25, -0.2) is 9.59 Å². The Hall–Kier alpha value is -6.52. The van der Waals surface area contributed by atoms with Gasteiger partial charge in [0.2, 0.25) is 0 Å². The van der Waals surface area contributed by atoms with Gasteiger partial charge in [-0.15, -0.1) is 0 Å². The molecule has 4 nitrogen and oxygen atoms in total. The van der Waals surface area contributed by atoms with Crippen LogP contribution < -0.4 is 0 Å². The molecule has 7 aromatic rings. The highest BCUT2D eigenvalue weighted by atomic mass is 16.5. The summed E-state index contributed by atoms with van der Waals surface area (Å²) in [5.74, 6) is -0.685. The number of esters is 2. The van der Waals surface area contributed by atoms with E-state index in [1.807, 2.05) is 60.7 Å². The van der Waals surface area contributed by atoms with Crippen molar-refractivity contribution in [1.29, 1.82) is 0 Å². The average Bonchev–Trinajstić information content (AvgIpc) is 3.32. The van der Waals surface area contributed by atoms with E-state index in [4.69, 9.17) is 9.47 Å². The lowest BCUT2D eigenvalue weighted by molar-refractivity contribution is 0.0425. The zero-order valence-electron chi connectivity index (χ0n) is 34.2. The van der Waals surface area contributed by atoms with Gasteiger partial charge in [-0.05, 0) is 95.9 Å². The van der Waals surface area contributed by atoms with Crippen molar-refractivity contribution in [2.75, 3.05) is 13.2 Å². The topological polar surface area (TPSA) is 52.6 Å². The van der Waals surface area contributed by atoms with E-state index in [1.54, 1.807) is 24.3 Å². The molecule has 0 amide bonds. The van der Waals surface area contributed by atoms with Gasteiger partial charge in [0, 0.05) is 11.8 Å². The van der Waals surface area contributed by atoms with Gasteiger partial charge in [-0.3, -0.25) is 0 Å². The van der Waals surface area contributed by atoms with Crippen molar-refractivity contribution in [3.63, 3.8) is 0 Å². The molecule has 0 N–H and O–H groups in total. The van der Waals surface area contributed by atoms with Crippen molar-refractivity contribution in [3.05, 3.63) is 251 Å². The van der Waals surface area contributed by atoms with Crippen molar-refractivity contribution in [3.8, 4) is 0 Å². The van der Waals surface area contributed by atoms with Gasteiger partial charge in [0.1, 0.15) is 0 Å². The lowest BCUT2D eigenvalue weighted by Gasteiger charge is -2.25. The first-order valence-electron chi connectivity index (χ1n) is 21.3. The standard InChI is InChI=1S/C56H54O4/c57-55(59-41-51(47-29-15-5-16-30-47)39-49(45-25-11-3-12-26-45)37-35-43-21-7-1-8-22-43)53-33-19-20-34-54(53)56(58)60-42-52(48-31-17-6-18-32-48)40-50(46-27-13-4-14-28-46)38-36-44-23-9-2-10-24-44/h1-34,49-52H,35-42H2. The Morgan fingerprint density at radius 2 is 0.600 bits per heavy atom. The number of hydrogen-bond acceptors (Lipinski definition) is 4. The molecule has 0 heterocycles. The molecule has 4 heteroatoms. The zero-order chi connectivity index (χ0) is 41.2. The van der Waals surface area contributed by atoms with Gasteiger partial charge in [-0.2, -0.15) is 0 Å². The summed E-state index contributed by atoms with van der Waals surface area (Å²) in [6, 6.07) is 69.8. The van der Waals surface area contributed by atoms with Crippen LogP contribution in [-0.2, 0) is 22.3 Å². The Labute approximate surface area is 355 Å². The van der Waals surface area contributed by atoms with E-state index in [0.717, 1.165) is 49.7 Å². The van der Waals surface area contributed by atoms with Gasteiger partial charge in [0.25, 0.3) is 0 Å². The molecular formula is C56H54O4. The Morgan fingerprint density at radius 3 is 0.917 bits per heavy atom. The maximum absolute atomic E-state index is 14.0. The van der Waals surface area contributed by atoms with Crippen LogP contribution in [0.3, 0.4) is 0 Å². The van der Waals surface area contributed by atoms with Crippen LogP contribution in [0.5, 0.6) is 0 Å². The van der Waals surface area contributed by atoms with E-state index in [-0.39, 0.29) is 48.0 Å². The Kier molecular flexibility index (Phi) is 15.3. The fraction of sp³-hybridized carbons (Fsp3) is 0.214. The SMILES string of the molecule is O=C(OCC(CC(CCc1ccccc1)c1ccccc1)c1ccccc1)c1ccccc1C(=O)OCC(CC(CCc1ccccc1)c1ccccc1)c1ccccc1. The minimum atomic E-state index is -0.534. The van der Waals surface area contributed by atoms with Gasteiger partial charge >= 0.3 is 11.9 Å². The van der Waals surface area contributed by atoms with Crippen molar-refractivity contribution >= 4 is 11.9 Å². The van der Waals surface area contributed by atoms with Gasteiger partial charge < -0.3 is 9.47 Å². The summed E-state index contributed by atoms with van der Waals surface area (Å²) >= 11 is 0. The quantitative estimate of drug-likeness (QED) is 0.0722. The van der Waals surface area contributed by atoms with E-state index in [9.17, 15) is 9.59 Å². The third-order valence-corrected chi connectivity index (χ3v) is 11.7. The highest BCUT2D eigenvalue weighted by molar-refractivity contribution is 6.03. The van der Waals surface area contributed by atoms with Crippen LogP contribution in [0.1, 0.15) is 103 Å². The lowest BCUT2D eigenvalue weighted by atomic mass is 9.82. The minimum Gasteiger partial charge on any atom is -0.461 e. The fourth-order valence-electron chi connectivity index (χ4n) is 8.35. The molecule has 60 heavy (non-hydrogen) atoms. The van der Waals surface area contributed by atoms with Gasteiger partial charge in [0.05, 0.1) is 24.3 Å². The summed E-state index contributed by atoms with van der Waals surface area (Å²) in [6.45, 7) is 0.363. The van der Waals surface area contributed by atoms with E-state index < -0.39 is 11.9 Å². The molecule has 4 atom stereocenters. The molecule has 0 saturated carbocycles. The Morgan fingerprint density at radius 1 is 0.333 bits per heavy atom. The van der Waals surface area contributed by atoms with Crippen LogP contribution in [0, 0.1) is 0 Å². The first-order valence-corrected chi connectivity index (χ1v) is 21.3. The van der Waals surface area contributed by atoms with E-state index in [0.29, 0.717) is 0 Å². The second-order valence-electron chi connectivity index (χ2n) is 15.7. The van der Waals surface area contributed by atoms with Gasteiger partial charge in [-0.1, -0.05) is 194 Å². The van der Waals surface area contributed by atoms with Crippen LogP contribution in [-0.4, -0.2) is 25.2 Å². The molecule has 0 radical (unpaired) electrons. The number of aryl methyl sites for hydroxylation is 2. The summed E-state index contributed by atoms with van der Waals surface area (Å²) in [6.07, 6.45) is 5.42. The summed E-state index contributed by atoms with van der Waals surface area (Å²) in [5, 5.41) is 0. The van der Waals surface area contributed by atoms with E-state index in [2.05, 4.69) is 121 Å². The largest absolute Gasteiger partial charge is 0.461 e. The van der Waals surface area contributed by atoms with Crippen molar-refractivity contribution in [2.45, 2.75) is 62.2 Å². The first kappa shape index (κ1) is 41.6. The predicted molar refractivity (Wildman–Crippen MR) is 242 cm³/mol. The third-order valence-electron chi connectivity index (χ3n) is 11.7. The fourth-order valence-corrected chi connectivity index (χ4v) is 8.35. The number of hydrogen-bond donors (Lipinski definition) is 0. The maximum atomic E-state index is 14.0. The summed E-state index contributed by atoms with van der Waals surface area (Å²) in [4.78, 5) is 28.0. The molecule has 0 aliphatic carbocycles. The third kappa shape index (κ3) is 12.0. The molecule has 7 aromatic carbocycles. The summed E-state index contributed by atoms with van der Waals surface area (Å²) in [7, 11) is 0. The molecular weight excluding hydrogens is 737 g/mol. The molecule has 0 aromatic heterocycles. The molecule has 302 valence electrons. The average molecular weight is 791 g/mol. The van der Waals surface area contributed by atoms with Crippen LogP contribution in [0.15, 0.2) is 206 Å². The zero-order valence-corrected chi connectivity index (χ0v) is 34.2. The first-order chi connectivity index (χ1) is 29.6. The van der Waals surface area contributed by atoms with E-state index >= 15 is 0 Å². The number of benzene rings is 7. The lowest BCUT2D eigenvalue weighted by Crippen LogP contribution is -2.20. The smallest absolute Gasteiger partial charge is 0.339 e. The van der Waals surface area contributed by atoms with Gasteiger partial charge in [0.15, 0.2) is 0 Å². The molecule has 0 fully saturated rings. The highest BCUT2D eigenvalue weighted by Gasteiger charge is 2.26. The second-order valence-corrected chi connectivity index (χ2v) is 15.7. The van der Waals surface area contributed by atoms with Crippen LogP contribution in [0.2, 0.25) is 0 Å².